The molecule has 0 aromatic rings. The lowest BCUT2D eigenvalue weighted by molar-refractivity contribution is -0.144. The highest BCUT2D eigenvalue weighted by molar-refractivity contribution is 7.75. The van der Waals surface area contributed by atoms with Crippen molar-refractivity contribution >= 4 is 31.1 Å². The van der Waals surface area contributed by atoms with Gasteiger partial charge in [0.25, 0.3) is 0 Å². The van der Waals surface area contributed by atoms with Gasteiger partial charge in [-0.3, -0.25) is 19.2 Å². The smallest absolute Gasteiger partial charge is 0.305 e. The molecule has 0 spiro atoms. The van der Waals surface area contributed by atoms with Gasteiger partial charge in [-0.2, -0.15) is 0 Å². The third-order valence-corrected chi connectivity index (χ3v) is 13.3. The Bertz CT molecular complexity index is 632. The van der Waals surface area contributed by atoms with Crippen LogP contribution in [-0.2, 0) is 38.1 Å². The molecule has 0 unspecified atom stereocenters. The van der Waals surface area contributed by atoms with Crippen LogP contribution < -0.4 is 0 Å². The van der Waals surface area contributed by atoms with Crippen molar-refractivity contribution in [3.63, 3.8) is 0 Å². The number of hydrogen-bond acceptors (Lipinski definition) is 8. The van der Waals surface area contributed by atoms with Gasteiger partial charge in [-0.15, -0.1) is 0 Å². The molecular weight excluding hydrogens is 591 g/mol. The quantitative estimate of drug-likeness (QED) is 0.0305. The van der Waals surface area contributed by atoms with Crippen molar-refractivity contribution < 1.29 is 38.1 Å². The van der Waals surface area contributed by atoms with E-state index in [0.29, 0.717) is 52.1 Å². The van der Waals surface area contributed by atoms with E-state index in [1.54, 1.807) is 0 Å². The lowest BCUT2D eigenvalue weighted by Gasteiger charge is -2.28. The highest BCUT2D eigenvalue weighted by Gasteiger charge is 2.35. The Labute approximate surface area is 276 Å². The van der Waals surface area contributed by atoms with E-state index in [-0.39, 0.29) is 23.9 Å². The van der Waals surface area contributed by atoms with Crippen LogP contribution in [0, 0.1) is 0 Å². The first kappa shape index (κ1) is 43.3. The SMILES string of the molecule is CCOC(=O)CCCCCC[P+](CCCCCCC(=O)OCC)(CCCCCCC(=O)OCC)CCCCCCC(=O)OCC. The summed E-state index contributed by atoms with van der Waals surface area (Å²) in [5.41, 5.74) is 0. The van der Waals surface area contributed by atoms with Crippen LogP contribution in [0.25, 0.3) is 0 Å². The van der Waals surface area contributed by atoms with Crippen molar-refractivity contribution in [1.29, 1.82) is 0 Å². The van der Waals surface area contributed by atoms with Gasteiger partial charge in [0.15, 0.2) is 0 Å². The zero-order valence-corrected chi connectivity index (χ0v) is 30.4. The maximum Gasteiger partial charge on any atom is 0.305 e. The normalized spacial score (nSPS) is 11.3. The van der Waals surface area contributed by atoms with Crippen molar-refractivity contribution in [2.45, 2.75) is 156 Å². The minimum absolute atomic E-state index is 0.0896. The van der Waals surface area contributed by atoms with Gasteiger partial charge >= 0.3 is 23.9 Å². The third kappa shape index (κ3) is 27.2. The summed E-state index contributed by atoms with van der Waals surface area (Å²) in [5.74, 6) is -0.358. The summed E-state index contributed by atoms with van der Waals surface area (Å²) in [6.07, 6.45) is 24.6. The van der Waals surface area contributed by atoms with Crippen LogP contribution in [0.1, 0.15) is 156 Å². The van der Waals surface area contributed by atoms with Crippen molar-refractivity contribution in [2.24, 2.45) is 0 Å². The zero-order chi connectivity index (χ0) is 33.4. The van der Waals surface area contributed by atoms with Gasteiger partial charge in [0.1, 0.15) is 0 Å². The molecule has 0 aromatic carbocycles. The first-order valence-corrected chi connectivity index (χ1v) is 20.8. The average Bonchev–Trinajstić information content (AvgIpc) is 3.00. The molecular formula is C36H68O8P+. The fourth-order valence-electron chi connectivity index (χ4n) is 5.88. The summed E-state index contributed by atoms with van der Waals surface area (Å²) >= 11 is 0. The van der Waals surface area contributed by atoms with E-state index in [4.69, 9.17) is 18.9 Å². The van der Waals surface area contributed by atoms with E-state index in [2.05, 4.69) is 0 Å². The van der Waals surface area contributed by atoms with Crippen molar-refractivity contribution in [1.82, 2.24) is 0 Å². The van der Waals surface area contributed by atoms with E-state index in [9.17, 15) is 19.2 Å². The summed E-state index contributed by atoms with van der Waals surface area (Å²) < 4.78 is 20.3. The van der Waals surface area contributed by atoms with E-state index in [0.717, 1.165) is 77.0 Å². The number of carbonyl (C=O) groups excluding carboxylic acids is 4. The van der Waals surface area contributed by atoms with Gasteiger partial charge in [0.05, 0.1) is 51.1 Å². The lowest BCUT2D eigenvalue weighted by Crippen LogP contribution is -2.13. The van der Waals surface area contributed by atoms with Gasteiger partial charge in [0, 0.05) is 32.9 Å². The zero-order valence-electron chi connectivity index (χ0n) is 29.5. The van der Waals surface area contributed by atoms with Gasteiger partial charge in [0.2, 0.25) is 0 Å². The molecule has 0 heterocycles. The number of unbranched alkanes of at least 4 members (excludes halogenated alkanes) is 12. The molecule has 0 amide bonds. The molecule has 0 aliphatic rings. The second kappa shape index (κ2) is 30.9. The third-order valence-electron chi connectivity index (χ3n) is 8.27. The van der Waals surface area contributed by atoms with Crippen LogP contribution >= 0.6 is 7.26 Å². The molecule has 8 nitrogen and oxygen atoms in total. The highest BCUT2D eigenvalue weighted by Crippen LogP contribution is 2.61. The fraction of sp³-hybridized carbons (Fsp3) is 0.889. The second-order valence-electron chi connectivity index (χ2n) is 12.1. The predicted octanol–water partition coefficient (Wildman–Crippen LogP) is 9.06. The fourth-order valence-corrected chi connectivity index (χ4v) is 10.8. The topological polar surface area (TPSA) is 105 Å². The van der Waals surface area contributed by atoms with Gasteiger partial charge in [-0.1, -0.05) is 25.7 Å². The van der Waals surface area contributed by atoms with E-state index >= 15 is 0 Å². The Kier molecular flexibility index (Phi) is 29.8. The summed E-state index contributed by atoms with van der Waals surface area (Å²) in [6.45, 7) is 9.18. The number of esters is 4. The second-order valence-corrected chi connectivity index (χ2v) is 16.6. The number of hydrogen-bond donors (Lipinski definition) is 0. The summed E-state index contributed by atoms with van der Waals surface area (Å²) in [7, 11) is -1.18. The molecule has 0 rings (SSSR count). The summed E-state index contributed by atoms with van der Waals surface area (Å²) in [6, 6.07) is 0. The number of carbonyl (C=O) groups is 4. The monoisotopic (exact) mass is 659 g/mol. The lowest BCUT2D eigenvalue weighted by atomic mass is 10.1. The molecule has 0 atom stereocenters. The molecule has 0 fully saturated rings. The van der Waals surface area contributed by atoms with Crippen molar-refractivity contribution in [3.05, 3.63) is 0 Å². The van der Waals surface area contributed by atoms with Crippen LogP contribution in [0.3, 0.4) is 0 Å². The molecule has 9 heteroatoms. The van der Waals surface area contributed by atoms with E-state index in [1.807, 2.05) is 27.7 Å². The first-order chi connectivity index (χ1) is 21.8. The molecule has 45 heavy (non-hydrogen) atoms. The first-order valence-electron chi connectivity index (χ1n) is 18.3. The molecule has 0 bridgehead atoms. The van der Waals surface area contributed by atoms with Crippen LogP contribution in [0.2, 0.25) is 0 Å². The number of rotatable bonds is 32. The number of ether oxygens (including phenoxy) is 4. The summed E-state index contributed by atoms with van der Waals surface area (Å²) in [5, 5.41) is 0. The molecule has 0 saturated heterocycles. The largest absolute Gasteiger partial charge is 0.466 e. The van der Waals surface area contributed by atoms with Crippen LogP contribution in [-0.4, -0.2) is 75.0 Å². The van der Waals surface area contributed by atoms with E-state index in [1.165, 1.54) is 50.3 Å². The van der Waals surface area contributed by atoms with Gasteiger partial charge < -0.3 is 18.9 Å². The Morgan fingerprint density at radius 1 is 0.333 bits per heavy atom. The Balaban J connectivity index is 5.11. The van der Waals surface area contributed by atoms with Crippen LogP contribution in [0.5, 0.6) is 0 Å². The molecule has 0 aromatic heterocycles. The van der Waals surface area contributed by atoms with Crippen LogP contribution in [0.15, 0.2) is 0 Å². The average molecular weight is 660 g/mol. The van der Waals surface area contributed by atoms with Crippen LogP contribution in [0.4, 0.5) is 0 Å². The minimum Gasteiger partial charge on any atom is -0.466 e. The maximum atomic E-state index is 11.7. The standard InChI is InChI=1S/C36H68O8P/c1-5-41-33(37)25-17-9-13-21-29-45(30-22-14-10-18-26-34(38)42-6-2,31-23-15-11-19-27-35(39)43-7-3)32-24-16-12-20-28-36(40)44-8-4/h5-32H2,1-4H3/q+1. The molecule has 264 valence electrons. The van der Waals surface area contributed by atoms with E-state index < -0.39 is 7.26 Å². The Hall–Kier alpha value is -1.69. The summed E-state index contributed by atoms with van der Waals surface area (Å²) in [4.78, 5) is 46.9. The molecule has 0 saturated carbocycles. The highest BCUT2D eigenvalue weighted by atomic mass is 31.2. The van der Waals surface area contributed by atoms with Crippen molar-refractivity contribution in [2.75, 3.05) is 51.1 Å². The molecule has 0 aliphatic heterocycles. The van der Waals surface area contributed by atoms with Gasteiger partial charge in [-0.25, -0.2) is 0 Å². The minimum atomic E-state index is -1.18. The molecule has 0 aliphatic carbocycles. The maximum absolute atomic E-state index is 11.7. The van der Waals surface area contributed by atoms with Crippen molar-refractivity contribution in [3.8, 4) is 0 Å². The Morgan fingerprint density at radius 2 is 0.533 bits per heavy atom. The molecule has 0 N–H and O–H groups in total. The Morgan fingerprint density at radius 3 is 0.733 bits per heavy atom. The predicted molar refractivity (Wildman–Crippen MR) is 185 cm³/mol. The van der Waals surface area contributed by atoms with Gasteiger partial charge in [-0.05, 0) is 105 Å². The molecule has 0 radical (unpaired) electrons.